The van der Waals surface area contributed by atoms with Crippen molar-refractivity contribution in [1.29, 1.82) is 0 Å². The van der Waals surface area contributed by atoms with E-state index in [0.29, 0.717) is 29.4 Å². The predicted molar refractivity (Wildman–Crippen MR) is 120 cm³/mol. The van der Waals surface area contributed by atoms with Crippen LogP contribution in [0.3, 0.4) is 0 Å². The lowest BCUT2D eigenvalue weighted by molar-refractivity contribution is -0.141. The first-order valence-corrected chi connectivity index (χ1v) is 11.9. The molecule has 5 heteroatoms. The van der Waals surface area contributed by atoms with E-state index in [0.717, 1.165) is 12.8 Å². The molecule has 0 spiro atoms. The highest BCUT2D eigenvalue weighted by Crippen LogP contribution is 2.64. The highest BCUT2D eigenvalue weighted by atomic mass is 16.6. The molecule has 1 aliphatic heterocycles. The maximum absolute atomic E-state index is 14.1. The van der Waals surface area contributed by atoms with Crippen LogP contribution in [-0.2, 0) is 14.3 Å². The number of aliphatic hydroxyl groups excluding tert-OH is 1. The van der Waals surface area contributed by atoms with Gasteiger partial charge in [-0.15, -0.1) is 0 Å². The van der Waals surface area contributed by atoms with E-state index in [-0.39, 0.29) is 23.2 Å². The number of epoxide rings is 1. The number of ether oxygens (including phenoxy) is 2. The Morgan fingerprint density at radius 3 is 2.56 bits per heavy atom. The number of fused-ring (bicyclic) bond motifs is 4. The second-order valence-electron chi connectivity index (χ2n) is 11.4. The van der Waals surface area contributed by atoms with Gasteiger partial charge in [-0.2, -0.15) is 0 Å². The molecule has 0 radical (unpaired) electrons. The fourth-order valence-electron chi connectivity index (χ4n) is 6.69. The lowest BCUT2D eigenvalue weighted by atomic mass is 9.77. The molecule has 8 atom stereocenters. The first-order chi connectivity index (χ1) is 15.0. The molecule has 1 saturated heterocycles. The van der Waals surface area contributed by atoms with Crippen LogP contribution >= 0.6 is 0 Å². The second kappa shape index (κ2) is 7.01. The average molecular weight is 439 g/mol. The summed E-state index contributed by atoms with van der Waals surface area (Å²) in [5.41, 5.74) is -0.643. The van der Waals surface area contributed by atoms with Crippen LogP contribution in [-0.4, -0.2) is 40.3 Å². The zero-order chi connectivity index (χ0) is 23.1. The van der Waals surface area contributed by atoms with Crippen LogP contribution in [0.25, 0.3) is 0 Å². The number of Topliss-reactive ketones (excluding diaryl/α,β-unsaturated/α-hetero) is 1. The van der Waals surface area contributed by atoms with Crippen LogP contribution in [0.2, 0.25) is 0 Å². The second-order valence-corrected chi connectivity index (χ2v) is 11.4. The number of hydrogen-bond acceptors (Lipinski definition) is 5. The van der Waals surface area contributed by atoms with Crippen molar-refractivity contribution in [2.75, 3.05) is 0 Å². The van der Waals surface area contributed by atoms with Crippen LogP contribution in [0, 0.1) is 29.1 Å². The predicted octanol–water partition coefficient (Wildman–Crippen LogP) is 4.34. The first kappa shape index (κ1) is 21.8. The Balaban J connectivity index is 1.60. The van der Waals surface area contributed by atoms with Crippen LogP contribution in [0.1, 0.15) is 64.2 Å². The molecule has 32 heavy (non-hydrogen) atoms. The van der Waals surface area contributed by atoms with Crippen molar-refractivity contribution >= 4 is 11.8 Å². The van der Waals surface area contributed by atoms with Crippen LogP contribution < -0.4 is 0 Å². The first-order valence-electron chi connectivity index (χ1n) is 11.9. The molecule has 1 heterocycles. The van der Waals surface area contributed by atoms with Crippen LogP contribution in [0.15, 0.2) is 42.0 Å². The third-order valence-electron chi connectivity index (χ3n) is 8.93. The molecule has 0 aromatic heterocycles. The van der Waals surface area contributed by atoms with Gasteiger partial charge in [0, 0.05) is 6.42 Å². The van der Waals surface area contributed by atoms with Gasteiger partial charge >= 0.3 is 5.97 Å². The summed E-state index contributed by atoms with van der Waals surface area (Å²) in [6.45, 7) is 10.3. The van der Waals surface area contributed by atoms with Gasteiger partial charge in [-0.1, -0.05) is 45.0 Å². The van der Waals surface area contributed by atoms with E-state index >= 15 is 0 Å². The Morgan fingerprint density at radius 2 is 1.88 bits per heavy atom. The van der Waals surface area contributed by atoms with Gasteiger partial charge < -0.3 is 14.6 Å². The molecular weight excluding hydrogens is 404 g/mol. The van der Waals surface area contributed by atoms with E-state index in [1.165, 1.54) is 0 Å². The van der Waals surface area contributed by atoms with Crippen molar-refractivity contribution < 1.29 is 24.2 Å². The number of ketones is 1. The zero-order valence-corrected chi connectivity index (χ0v) is 19.6. The fraction of sp³-hybridized carbons (Fsp3) is 0.630. The maximum Gasteiger partial charge on any atom is 0.339 e. The van der Waals surface area contributed by atoms with Gasteiger partial charge in [-0.25, -0.2) is 4.79 Å². The Labute approximate surface area is 190 Å². The molecule has 1 N–H and O–H groups in total. The summed E-state index contributed by atoms with van der Waals surface area (Å²) in [5, 5.41) is 11.2. The highest BCUT2D eigenvalue weighted by Gasteiger charge is 2.71. The van der Waals surface area contributed by atoms with Crippen molar-refractivity contribution in [3.63, 3.8) is 0 Å². The number of esters is 1. The third kappa shape index (κ3) is 3.12. The number of carbonyl (C=O) groups is 2. The number of aliphatic hydroxyl groups is 1. The monoisotopic (exact) mass is 438 g/mol. The van der Waals surface area contributed by atoms with Crippen molar-refractivity contribution in [2.45, 2.75) is 77.3 Å². The summed E-state index contributed by atoms with van der Waals surface area (Å²) < 4.78 is 12.4. The minimum Gasteiger partial charge on any atom is -0.447 e. The van der Waals surface area contributed by atoms with Gasteiger partial charge in [0.15, 0.2) is 5.60 Å². The van der Waals surface area contributed by atoms with Crippen LogP contribution in [0.4, 0.5) is 0 Å². The summed E-state index contributed by atoms with van der Waals surface area (Å²) in [6, 6.07) is 8.77. The Bertz CT molecular complexity index is 981. The maximum atomic E-state index is 14.1. The molecular formula is C27H34O5. The highest BCUT2D eigenvalue weighted by molar-refractivity contribution is 6.04. The Hall–Kier alpha value is -1.98. The Kier molecular flexibility index (Phi) is 4.78. The minimum absolute atomic E-state index is 0.150. The largest absolute Gasteiger partial charge is 0.447 e. The number of allylic oxidation sites excluding steroid dienone is 1. The SMILES string of the molecule is C/C1=C\[C@@H]2[C@H](CC[C@@]3(C)O[C@@H]3[C@H]3[C@@H](O)[C@@H](C)C[C@]3(OC(=O)c3ccccc3)C1=O)C2(C)C. The topological polar surface area (TPSA) is 76.1 Å². The Morgan fingerprint density at radius 1 is 1.19 bits per heavy atom. The smallest absolute Gasteiger partial charge is 0.339 e. The van der Waals surface area contributed by atoms with Crippen molar-refractivity contribution in [1.82, 2.24) is 0 Å². The van der Waals surface area contributed by atoms with E-state index in [1.54, 1.807) is 24.3 Å². The van der Waals surface area contributed by atoms with Gasteiger partial charge in [0.25, 0.3) is 0 Å². The molecule has 1 aromatic rings. The van der Waals surface area contributed by atoms with Crippen molar-refractivity contribution in [3.05, 3.63) is 47.5 Å². The third-order valence-corrected chi connectivity index (χ3v) is 8.93. The van der Waals surface area contributed by atoms with Gasteiger partial charge in [0.1, 0.15) is 0 Å². The molecule has 172 valence electrons. The summed E-state index contributed by atoms with van der Waals surface area (Å²) in [6.07, 6.45) is 3.23. The quantitative estimate of drug-likeness (QED) is 0.549. The molecule has 5 nitrogen and oxygen atoms in total. The number of rotatable bonds is 2. The summed E-state index contributed by atoms with van der Waals surface area (Å²) in [4.78, 5) is 27.3. The van der Waals surface area contributed by atoms with Crippen molar-refractivity contribution in [3.8, 4) is 0 Å². The van der Waals surface area contributed by atoms with Gasteiger partial charge in [0.05, 0.1) is 29.3 Å². The van der Waals surface area contributed by atoms with Gasteiger partial charge in [0.2, 0.25) is 5.78 Å². The van der Waals surface area contributed by atoms with E-state index in [1.807, 2.05) is 19.9 Å². The number of hydrogen-bond donors (Lipinski definition) is 1. The number of carbonyl (C=O) groups excluding carboxylic acids is 2. The van der Waals surface area contributed by atoms with E-state index in [2.05, 4.69) is 26.8 Å². The molecule has 3 fully saturated rings. The molecule has 3 aliphatic carbocycles. The summed E-state index contributed by atoms with van der Waals surface area (Å²) >= 11 is 0. The van der Waals surface area contributed by atoms with Gasteiger partial charge in [-0.05, 0) is 67.6 Å². The molecule has 5 rings (SSSR count). The van der Waals surface area contributed by atoms with E-state index < -0.39 is 29.2 Å². The lowest BCUT2D eigenvalue weighted by Crippen LogP contribution is -2.52. The van der Waals surface area contributed by atoms with Gasteiger partial charge in [-0.3, -0.25) is 4.79 Å². The minimum atomic E-state index is -1.42. The molecule has 0 bridgehead atoms. The molecule has 4 aliphatic rings. The average Bonchev–Trinajstić information content (AvgIpc) is 3.52. The van der Waals surface area contributed by atoms with E-state index in [4.69, 9.17) is 9.47 Å². The lowest BCUT2D eigenvalue weighted by Gasteiger charge is -2.35. The molecule has 2 saturated carbocycles. The summed E-state index contributed by atoms with van der Waals surface area (Å²) in [5.74, 6) is -0.627. The van der Waals surface area contributed by atoms with E-state index in [9.17, 15) is 14.7 Å². The fourth-order valence-corrected chi connectivity index (χ4v) is 6.69. The molecule has 1 aromatic carbocycles. The summed E-state index contributed by atoms with van der Waals surface area (Å²) in [7, 11) is 0. The molecule has 0 unspecified atom stereocenters. The zero-order valence-electron chi connectivity index (χ0n) is 19.6. The number of benzene rings is 1. The van der Waals surface area contributed by atoms with Crippen molar-refractivity contribution in [2.24, 2.45) is 29.1 Å². The molecule has 0 amide bonds. The normalized spacial score (nSPS) is 45.9. The van der Waals surface area contributed by atoms with Crippen LogP contribution in [0.5, 0.6) is 0 Å². The standard InChI is InChI=1S/C27H34O5/c1-15-13-19-18(25(19,3)4)11-12-26(5)23(31-26)20-21(28)16(2)14-27(20,22(15)29)32-24(30)17-9-7-6-8-10-17/h6-10,13,16,18-21,23,28H,11-12,14H2,1-5H3/b15-13+/t16-,18-,19+,20+,21-,23+,26+,27+/m0/s1.